The second kappa shape index (κ2) is 7.19. The third-order valence-corrected chi connectivity index (χ3v) is 3.51. The van der Waals surface area contributed by atoms with Crippen molar-refractivity contribution in [3.63, 3.8) is 0 Å². The number of benzene rings is 1. The summed E-state index contributed by atoms with van der Waals surface area (Å²) < 4.78 is 4.89. The first-order valence-corrected chi connectivity index (χ1v) is 7.39. The summed E-state index contributed by atoms with van der Waals surface area (Å²) in [6, 6.07) is 5.67. The fourth-order valence-electron chi connectivity index (χ4n) is 2.65. The first kappa shape index (κ1) is 16.9. The molecule has 1 aromatic carbocycles. The lowest BCUT2D eigenvalue weighted by Gasteiger charge is -2.11. The number of ether oxygens (including phenoxy) is 1. The SMILES string of the molecule is COCCNC(=O)c1cc(-c2c(C)cc(C)cc2C)nc(=O)[nH]1. The van der Waals surface area contributed by atoms with Crippen LogP contribution >= 0.6 is 0 Å². The number of rotatable bonds is 5. The van der Waals surface area contributed by atoms with Crippen molar-refractivity contribution >= 4 is 5.91 Å². The number of methoxy groups -OCH3 is 1. The van der Waals surface area contributed by atoms with Gasteiger partial charge in [0.25, 0.3) is 5.91 Å². The van der Waals surface area contributed by atoms with Gasteiger partial charge >= 0.3 is 5.69 Å². The van der Waals surface area contributed by atoms with Crippen molar-refractivity contribution in [3.05, 3.63) is 51.1 Å². The molecule has 0 atom stereocenters. The van der Waals surface area contributed by atoms with Crippen LogP contribution in [0.2, 0.25) is 0 Å². The van der Waals surface area contributed by atoms with Gasteiger partial charge in [0.1, 0.15) is 5.69 Å². The molecule has 0 fully saturated rings. The zero-order valence-corrected chi connectivity index (χ0v) is 13.8. The predicted octanol–water partition coefficient (Wildman–Crippen LogP) is 1.74. The number of nitrogens with one attached hydrogen (secondary N) is 2. The van der Waals surface area contributed by atoms with E-state index in [1.807, 2.05) is 32.9 Å². The van der Waals surface area contributed by atoms with Gasteiger partial charge in [-0.3, -0.25) is 4.79 Å². The second-order valence-electron chi connectivity index (χ2n) is 5.51. The molecule has 6 nitrogen and oxygen atoms in total. The van der Waals surface area contributed by atoms with Crippen LogP contribution in [0.5, 0.6) is 0 Å². The highest BCUT2D eigenvalue weighted by Gasteiger charge is 2.13. The van der Waals surface area contributed by atoms with E-state index >= 15 is 0 Å². The first-order chi connectivity index (χ1) is 10.9. The molecule has 2 aromatic rings. The predicted molar refractivity (Wildman–Crippen MR) is 88.7 cm³/mol. The van der Waals surface area contributed by atoms with Crippen LogP contribution in [0, 0.1) is 20.8 Å². The van der Waals surface area contributed by atoms with E-state index in [0.29, 0.717) is 18.8 Å². The van der Waals surface area contributed by atoms with Gasteiger partial charge in [-0.2, -0.15) is 4.98 Å². The van der Waals surface area contributed by atoms with E-state index in [1.54, 1.807) is 13.2 Å². The molecule has 1 heterocycles. The number of carbonyl (C=O) groups is 1. The summed E-state index contributed by atoms with van der Waals surface area (Å²) >= 11 is 0. The fourth-order valence-corrected chi connectivity index (χ4v) is 2.65. The average molecular weight is 315 g/mol. The Morgan fingerprint density at radius 2 is 1.87 bits per heavy atom. The van der Waals surface area contributed by atoms with Crippen molar-refractivity contribution < 1.29 is 9.53 Å². The molecule has 1 amide bonds. The molecular formula is C17H21N3O3. The van der Waals surface area contributed by atoms with Crippen molar-refractivity contribution in [3.8, 4) is 11.3 Å². The van der Waals surface area contributed by atoms with Crippen LogP contribution in [0.3, 0.4) is 0 Å². The van der Waals surface area contributed by atoms with Gasteiger partial charge in [-0.1, -0.05) is 17.7 Å². The third kappa shape index (κ3) is 4.04. The maximum atomic E-state index is 12.1. The van der Waals surface area contributed by atoms with E-state index in [0.717, 1.165) is 22.3 Å². The Kier molecular flexibility index (Phi) is 5.28. The number of aromatic nitrogens is 2. The third-order valence-electron chi connectivity index (χ3n) is 3.51. The second-order valence-corrected chi connectivity index (χ2v) is 5.51. The van der Waals surface area contributed by atoms with Crippen LogP contribution < -0.4 is 11.0 Å². The highest BCUT2D eigenvalue weighted by atomic mass is 16.5. The monoisotopic (exact) mass is 315 g/mol. The van der Waals surface area contributed by atoms with Crippen molar-refractivity contribution in [2.24, 2.45) is 0 Å². The summed E-state index contributed by atoms with van der Waals surface area (Å²) in [7, 11) is 1.56. The number of amides is 1. The molecule has 2 rings (SSSR count). The molecule has 0 bridgehead atoms. The highest BCUT2D eigenvalue weighted by molar-refractivity contribution is 5.93. The molecule has 0 unspecified atom stereocenters. The van der Waals surface area contributed by atoms with Gasteiger partial charge < -0.3 is 15.0 Å². The Morgan fingerprint density at radius 1 is 1.22 bits per heavy atom. The van der Waals surface area contributed by atoms with E-state index in [2.05, 4.69) is 15.3 Å². The first-order valence-electron chi connectivity index (χ1n) is 7.39. The van der Waals surface area contributed by atoms with Crippen LogP contribution in [0.1, 0.15) is 27.2 Å². The smallest absolute Gasteiger partial charge is 0.346 e. The molecule has 6 heteroatoms. The van der Waals surface area contributed by atoms with Crippen molar-refractivity contribution in [1.82, 2.24) is 15.3 Å². The number of nitrogens with zero attached hydrogens (tertiary/aromatic N) is 1. The quantitative estimate of drug-likeness (QED) is 0.823. The van der Waals surface area contributed by atoms with Gasteiger partial charge in [0.2, 0.25) is 0 Å². The summed E-state index contributed by atoms with van der Waals surface area (Å²) in [6.45, 7) is 6.73. The summed E-state index contributed by atoms with van der Waals surface area (Å²) in [5.41, 5.74) is 4.21. The molecule has 122 valence electrons. The van der Waals surface area contributed by atoms with Gasteiger partial charge in [-0.15, -0.1) is 0 Å². The minimum absolute atomic E-state index is 0.190. The zero-order valence-electron chi connectivity index (χ0n) is 13.8. The molecule has 2 N–H and O–H groups in total. The zero-order chi connectivity index (χ0) is 17.0. The average Bonchev–Trinajstić information content (AvgIpc) is 2.45. The number of carbonyl (C=O) groups excluding carboxylic acids is 1. The lowest BCUT2D eigenvalue weighted by atomic mass is 9.97. The molecule has 0 saturated heterocycles. The maximum absolute atomic E-state index is 12.1. The van der Waals surface area contributed by atoms with Crippen LogP contribution in [0.4, 0.5) is 0 Å². The summed E-state index contributed by atoms with van der Waals surface area (Å²) in [5, 5.41) is 2.68. The number of aryl methyl sites for hydroxylation is 3. The van der Waals surface area contributed by atoms with Crippen LogP contribution in [-0.2, 0) is 4.74 Å². The fraction of sp³-hybridized carbons (Fsp3) is 0.353. The van der Waals surface area contributed by atoms with E-state index in [9.17, 15) is 9.59 Å². The standard InChI is InChI=1S/C17H21N3O3/c1-10-7-11(2)15(12(3)8-10)13-9-14(20-17(22)19-13)16(21)18-5-6-23-4/h7-9H,5-6H2,1-4H3,(H,18,21)(H,19,20,22). The molecule has 0 aliphatic rings. The minimum atomic E-state index is -0.543. The molecule has 0 radical (unpaired) electrons. The van der Waals surface area contributed by atoms with E-state index in [1.165, 1.54) is 0 Å². The lowest BCUT2D eigenvalue weighted by Crippen LogP contribution is -2.30. The number of H-pyrrole nitrogens is 1. The molecule has 0 spiro atoms. The lowest BCUT2D eigenvalue weighted by molar-refractivity contribution is 0.0931. The van der Waals surface area contributed by atoms with Crippen LogP contribution in [-0.4, -0.2) is 36.1 Å². The normalized spacial score (nSPS) is 10.6. The summed E-state index contributed by atoms with van der Waals surface area (Å²) in [5.74, 6) is -0.356. The Hall–Kier alpha value is -2.47. The maximum Gasteiger partial charge on any atom is 0.346 e. The van der Waals surface area contributed by atoms with Gasteiger partial charge in [0.15, 0.2) is 0 Å². The minimum Gasteiger partial charge on any atom is -0.383 e. The van der Waals surface area contributed by atoms with Crippen LogP contribution in [0.15, 0.2) is 23.0 Å². The Balaban J connectivity index is 2.42. The van der Waals surface area contributed by atoms with Gasteiger partial charge in [0.05, 0.1) is 12.3 Å². The number of hydrogen-bond acceptors (Lipinski definition) is 4. The Morgan fingerprint density at radius 3 is 2.48 bits per heavy atom. The molecule has 0 saturated carbocycles. The topological polar surface area (TPSA) is 84.1 Å². The van der Waals surface area contributed by atoms with Gasteiger partial charge in [-0.25, -0.2) is 4.79 Å². The van der Waals surface area contributed by atoms with Crippen molar-refractivity contribution in [1.29, 1.82) is 0 Å². The highest BCUT2D eigenvalue weighted by Crippen LogP contribution is 2.26. The van der Waals surface area contributed by atoms with Gasteiger partial charge in [0, 0.05) is 19.2 Å². The van der Waals surface area contributed by atoms with E-state index in [-0.39, 0.29) is 11.6 Å². The number of aromatic amines is 1. The van der Waals surface area contributed by atoms with Crippen LogP contribution in [0.25, 0.3) is 11.3 Å². The van der Waals surface area contributed by atoms with Gasteiger partial charge in [-0.05, 0) is 38.0 Å². The Bertz CT molecular complexity index is 758. The molecule has 1 aromatic heterocycles. The Labute approximate surface area is 134 Å². The van der Waals surface area contributed by atoms with Crippen molar-refractivity contribution in [2.75, 3.05) is 20.3 Å². The molecule has 0 aliphatic carbocycles. The summed E-state index contributed by atoms with van der Waals surface area (Å²) in [4.78, 5) is 30.4. The van der Waals surface area contributed by atoms with Crippen molar-refractivity contribution in [2.45, 2.75) is 20.8 Å². The summed E-state index contributed by atoms with van der Waals surface area (Å²) in [6.07, 6.45) is 0. The van der Waals surface area contributed by atoms with E-state index in [4.69, 9.17) is 4.74 Å². The molecular weight excluding hydrogens is 294 g/mol. The largest absolute Gasteiger partial charge is 0.383 e. The molecule has 23 heavy (non-hydrogen) atoms. The molecule has 0 aliphatic heterocycles. The number of hydrogen-bond donors (Lipinski definition) is 2. The van der Waals surface area contributed by atoms with E-state index < -0.39 is 5.69 Å².